The van der Waals surface area contributed by atoms with Crippen LogP contribution in [0.1, 0.15) is 54.4 Å². The van der Waals surface area contributed by atoms with Crippen molar-refractivity contribution in [3.05, 3.63) is 48.0 Å². The van der Waals surface area contributed by atoms with Crippen LogP contribution in [0.25, 0.3) is 0 Å². The monoisotopic (exact) mass is 341 g/mol. The molecule has 1 aromatic heterocycles. The van der Waals surface area contributed by atoms with Gasteiger partial charge in [-0.05, 0) is 24.5 Å². The van der Waals surface area contributed by atoms with Gasteiger partial charge in [0.2, 0.25) is 0 Å². The Morgan fingerprint density at radius 2 is 1.92 bits per heavy atom. The van der Waals surface area contributed by atoms with Crippen LogP contribution >= 0.6 is 0 Å². The second-order valence-corrected chi connectivity index (χ2v) is 6.65. The summed E-state index contributed by atoms with van der Waals surface area (Å²) in [4.78, 5) is 16.5. The highest BCUT2D eigenvalue weighted by Gasteiger charge is 2.13. The van der Waals surface area contributed by atoms with Gasteiger partial charge < -0.3 is 10.6 Å². The number of nitrogens with one attached hydrogen (secondary N) is 2. The minimum atomic E-state index is -0.0293. The third-order valence-corrected chi connectivity index (χ3v) is 4.76. The summed E-state index contributed by atoms with van der Waals surface area (Å²) < 4.78 is 1.72. The van der Waals surface area contributed by atoms with E-state index in [9.17, 15) is 4.79 Å². The smallest absolute Gasteiger partial charge is 0.251 e. The van der Waals surface area contributed by atoms with Crippen molar-refractivity contribution in [3.8, 4) is 0 Å². The number of benzene rings is 1. The normalized spacial score (nSPS) is 15.7. The Labute approximate surface area is 149 Å². The SMILES string of the molecule is O=C(NCCNC1CCCCCC1)c1ccccc1Cn1cncn1. The van der Waals surface area contributed by atoms with Crippen molar-refractivity contribution in [1.29, 1.82) is 0 Å². The second-order valence-electron chi connectivity index (χ2n) is 6.65. The van der Waals surface area contributed by atoms with E-state index in [1.54, 1.807) is 11.0 Å². The standard InChI is InChI=1S/C19H27N5O/c25-19(22-12-11-21-17-8-3-1-2-4-9-17)18-10-6-5-7-16(18)13-24-15-20-14-23-24/h5-7,10,14-15,17,21H,1-4,8-9,11-13H2,(H,22,25). The average molecular weight is 341 g/mol. The summed E-state index contributed by atoms with van der Waals surface area (Å²) in [5, 5.41) is 10.7. The third kappa shape index (κ3) is 5.39. The quantitative estimate of drug-likeness (QED) is 0.599. The molecule has 3 rings (SSSR count). The lowest BCUT2D eigenvalue weighted by Gasteiger charge is -2.16. The number of hydrogen-bond acceptors (Lipinski definition) is 4. The van der Waals surface area contributed by atoms with E-state index < -0.39 is 0 Å². The molecule has 0 bridgehead atoms. The first-order chi connectivity index (χ1) is 12.3. The number of aromatic nitrogens is 3. The summed E-state index contributed by atoms with van der Waals surface area (Å²) in [6.45, 7) is 2.01. The molecule has 0 unspecified atom stereocenters. The Morgan fingerprint density at radius 1 is 1.12 bits per heavy atom. The van der Waals surface area contributed by atoms with Crippen LogP contribution in [0.5, 0.6) is 0 Å². The molecule has 0 radical (unpaired) electrons. The van der Waals surface area contributed by atoms with Gasteiger partial charge in [-0.3, -0.25) is 4.79 Å². The Morgan fingerprint density at radius 3 is 2.68 bits per heavy atom. The predicted molar refractivity (Wildman–Crippen MR) is 97.4 cm³/mol. The van der Waals surface area contributed by atoms with Gasteiger partial charge in [0, 0.05) is 24.7 Å². The largest absolute Gasteiger partial charge is 0.351 e. The fourth-order valence-corrected chi connectivity index (χ4v) is 3.40. The van der Waals surface area contributed by atoms with Gasteiger partial charge >= 0.3 is 0 Å². The lowest BCUT2D eigenvalue weighted by atomic mass is 10.1. The Bertz CT molecular complexity index is 648. The van der Waals surface area contributed by atoms with Crippen molar-refractivity contribution in [2.45, 2.75) is 51.1 Å². The van der Waals surface area contributed by atoms with Crippen molar-refractivity contribution in [2.24, 2.45) is 0 Å². The maximum absolute atomic E-state index is 12.5. The molecule has 0 atom stereocenters. The van der Waals surface area contributed by atoms with E-state index >= 15 is 0 Å². The summed E-state index contributed by atoms with van der Waals surface area (Å²) in [5.74, 6) is -0.0293. The molecule has 1 amide bonds. The van der Waals surface area contributed by atoms with Crippen LogP contribution in [0.4, 0.5) is 0 Å². The zero-order chi connectivity index (χ0) is 17.3. The molecule has 1 heterocycles. The molecule has 1 aliphatic rings. The van der Waals surface area contributed by atoms with E-state index in [1.807, 2.05) is 24.3 Å². The molecule has 0 spiro atoms. The minimum Gasteiger partial charge on any atom is -0.351 e. The molecular formula is C19H27N5O. The highest BCUT2D eigenvalue weighted by Crippen LogP contribution is 2.16. The van der Waals surface area contributed by atoms with E-state index in [4.69, 9.17) is 0 Å². The third-order valence-electron chi connectivity index (χ3n) is 4.76. The van der Waals surface area contributed by atoms with Crippen molar-refractivity contribution in [2.75, 3.05) is 13.1 Å². The van der Waals surface area contributed by atoms with E-state index in [2.05, 4.69) is 20.7 Å². The van der Waals surface area contributed by atoms with E-state index in [1.165, 1.54) is 44.9 Å². The van der Waals surface area contributed by atoms with Crippen LogP contribution in [-0.2, 0) is 6.54 Å². The van der Waals surface area contributed by atoms with E-state index in [-0.39, 0.29) is 5.91 Å². The minimum absolute atomic E-state index is 0.0293. The van der Waals surface area contributed by atoms with Gasteiger partial charge in [-0.25, -0.2) is 9.67 Å². The van der Waals surface area contributed by atoms with Gasteiger partial charge in [-0.1, -0.05) is 43.9 Å². The van der Waals surface area contributed by atoms with Crippen LogP contribution in [0.15, 0.2) is 36.9 Å². The summed E-state index contributed by atoms with van der Waals surface area (Å²) in [7, 11) is 0. The van der Waals surface area contributed by atoms with Crippen molar-refractivity contribution < 1.29 is 4.79 Å². The molecule has 0 saturated heterocycles. The molecule has 0 aliphatic heterocycles. The maximum Gasteiger partial charge on any atom is 0.251 e. The number of rotatable bonds is 7. The second kappa shape index (κ2) is 9.32. The zero-order valence-electron chi connectivity index (χ0n) is 14.7. The van der Waals surface area contributed by atoms with Crippen molar-refractivity contribution in [3.63, 3.8) is 0 Å². The fraction of sp³-hybridized carbons (Fsp3) is 0.526. The van der Waals surface area contributed by atoms with Crippen molar-refractivity contribution >= 4 is 5.91 Å². The van der Waals surface area contributed by atoms with Crippen LogP contribution < -0.4 is 10.6 Å². The molecule has 134 valence electrons. The molecule has 2 aromatic rings. The van der Waals surface area contributed by atoms with Gasteiger partial charge in [0.15, 0.2) is 0 Å². The number of amides is 1. The van der Waals surface area contributed by atoms with Gasteiger partial charge in [-0.2, -0.15) is 5.10 Å². The molecule has 1 aliphatic carbocycles. The topological polar surface area (TPSA) is 71.8 Å². The first-order valence-electron chi connectivity index (χ1n) is 9.25. The summed E-state index contributed by atoms with van der Waals surface area (Å²) in [5.41, 5.74) is 1.65. The Kier molecular flexibility index (Phi) is 6.56. The highest BCUT2D eigenvalue weighted by atomic mass is 16.1. The van der Waals surface area contributed by atoms with Crippen LogP contribution in [0.3, 0.4) is 0 Å². The number of nitrogens with zero attached hydrogens (tertiary/aromatic N) is 3. The average Bonchev–Trinajstić information content (AvgIpc) is 3.00. The van der Waals surface area contributed by atoms with Crippen molar-refractivity contribution in [1.82, 2.24) is 25.4 Å². The molecule has 1 aromatic carbocycles. The molecule has 1 fully saturated rings. The lowest BCUT2D eigenvalue weighted by Crippen LogP contribution is -2.37. The first-order valence-corrected chi connectivity index (χ1v) is 9.25. The number of hydrogen-bond donors (Lipinski definition) is 2. The molecular weight excluding hydrogens is 314 g/mol. The van der Waals surface area contributed by atoms with E-state index in [0.717, 1.165) is 12.1 Å². The zero-order valence-corrected chi connectivity index (χ0v) is 14.7. The van der Waals surface area contributed by atoms with E-state index in [0.29, 0.717) is 24.7 Å². The van der Waals surface area contributed by atoms with Gasteiger partial charge in [-0.15, -0.1) is 0 Å². The predicted octanol–water partition coefficient (Wildman–Crippen LogP) is 2.37. The molecule has 6 heteroatoms. The van der Waals surface area contributed by atoms with Crippen LogP contribution in [0.2, 0.25) is 0 Å². The summed E-state index contributed by atoms with van der Waals surface area (Å²) in [6.07, 6.45) is 11.0. The maximum atomic E-state index is 12.5. The molecule has 1 saturated carbocycles. The fourth-order valence-electron chi connectivity index (χ4n) is 3.40. The molecule has 25 heavy (non-hydrogen) atoms. The lowest BCUT2D eigenvalue weighted by molar-refractivity contribution is 0.0952. The molecule has 6 nitrogen and oxygen atoms in total. The number of carbonyl (C=O) groups is 1. The molecule has 2 N–H and O–H groups in total. The van der Waals surface area contributed by atoms with Crippen LogP contribution in [-0.4, -0.2) is 39.8 Å². The van der Waals surface area contributed by atoms with Gasteiger partial charge in [0.25, 0.3) is 5.91 Å². The number of carbonyl (C=O) groups excluding carboxylic acids is 1. The summed E-state index contributed by atoms with van der Waals surface area (Å²) >= 11 is 0. The Hall–Kier alpha value is -2.21. The Balaban J connectivity index is 1.48. The highest BCUT2D eigenvalue weighted by molar-refractivity contribution is 5.95. The summed E-state index contributed by atoms with van der Waals surface area (Å²) in [6, 6.07) is 8.26. The van der Waals surface area contributed by atoms with Crippen LogP contribution in [0, 0.1) is 0 Å². The van der Waals surface area contributed by atoms with Gasteiger partial charge in [0.05, 0.1) is 6.54 Å². The first kappa shape index (κ1) is 17.6. The van der Waals surface area contributed by atoms with Gasteiger partial charge in [0.1, 0.15) is 12.7 Å².